The largest absolute Gasteiger partial charge is 0.478 e. The lowest BCUT2D eigenvalue weighted by Crippen LogP contribution is -2.63. The second-order valence-corrected chi connectivity index (χ2v) is 19.1. The summed E-state index contributed by atoms with van der Waals surface area (Å²) in [6.45, 7) is 5.18. The fourth-order valence-corrected chi connectivity index (χ4v) is 9.35. The molecule has 55 heavy (non-hydrogen) atoms. The minimum absolute atomic E-state index is 0.254. The summed E-state index contributed by atoms with van der Waals surface area (Å²) in [6.07, 6.45) is 11.4. The van der Waals surface area contributed by atoms with Crippen LogP contribution in [0.1, 0.15) is 88.9 Å². The zero-order chi connectivity index (χ0) is 39.9. The van der Waals surface area contributed by atoms with Crippen LogP contribution in [0.5, 0.6) is 0 Å². The number of carboxylic acids is 1. The van der Waals surface area contributed by atoms with E-state index in [0.29, 0.717) is 49.5 Å². The molecule has 2 spiro atoms. The van der Waals surface area contributed by atoms with Crippen molar-refractivity contribution in [2.75, 3.05) is 26.2 Å². The summed E-state index contributed by atoms with van der Waals surface area (Å²) < 4.78 is 9.09. The van der Waals surface area contributed by atoms with Gasteiger partial charge in [0.1, 0.15) is 0 Å². The van der Waals surface area contributed by atoms with Crippen molar-refractivity contribution in [3.8, 4) is 0 Å². The number of hydrogen-bond donors (Lipinski definition) is 2. The van der Waals surface area contributed by atoms with Crippen molar-refractivity contribution in [2.45, 2.75) is 74.9 Å². The Hall–Kier alpha value is -1.76. The smallest absolute Gasteiger partial charge is 0.335 e. The highest BCUT2D eigenvalue weighted by Crippen LogP contribution is 2.58. The standard InChI is InChI=1S/C17H20ClNO.C9H16N2.C7H4Cl2O.C7H5ClO2.Cl2OS/c18-14-3-1-13(2-4-14)16(20)11-15-12-5-9-19(10-6-12)17(15)7-8-17;10-8-7-1-5-11(6-2-7)9(8)3-4-9;2*8-6-3-1-5(2-4-6)7(9)10;1-4(2)3/h1-4,12,15H,5-11H2;7-8H,1-6,10H2;1-4H;1-4H,(H,9,10);. The number of aromatic carboxylic acids is 1. The Morgan fingerprint density at radius 2 is 1.02 bits per heavy atom. The van der Waals surface area contributed by atoms with Crippen LogP contribution >= 0.6 is 67.8 Å². The topological polar surface area (TPSA) is 121 Å². The predicted octanol–water partition coefficient (Wildman–Crippen LogP) is 10.2. The van der Waals surface area contributed by atoms with Crippen LogP contribution < -0.4 is 5.73 Å². The van der Waals surface area contributed by atoms with Gasteiger partial charge in [-0.2, -0.15) is 0 Å². The first-order chi connectivity index (χ1) is 26.1. The SMILES string of the molecule is NC1C2CCN(CC2)C12CC2.O=C(CC1C2CCN(CC2)C12CC2)c1ccc(Cl)cc1.O=C(Cl)c1ccc(Cl)cc1.O=C(O)c1ccc(Cl)cc1.O=S(Cl)Cl. The molecular formula is C40H45Cl6N3O5S. The van der Waals surface area contributed by atoms with E-state index in [2.05, 4.69) is 31.2 Å². The molecule has 2 saturated carbocycles. The Morgan fingerprint density at radius 3 is 1.36 bits per heavy atom. The molecule has 8 fully saturated rings. The number of carbonyl (C=O) groups excluding carboxylic acids is 2. The summed E-state index contributed by atoms with van der Waals surface area (Å²) in [4.78, 5) is 38.6. The van der Waals surface area contributed by atoms with Gasteiger partial charge >= 0.3 is 5.97 Å². The molecule has 2 atom stereocenters. The van der Waals surface area contributed by atoms with Crippen LogP contribution in [-0.4, -0.2) is 79.4 Å². The molecule has 3 aromatic rings. The Labute approximate surface area is 354 Å². The first-order valence-corrected chi connectivity index (χ1v) is 22.7. The number of Topliss-reactive ketones (excluding diaryl/α,β-unsaturated/α-hetero) is 1. The van der Waals surface area contributed by atoms with Crippen molar-refractivity contribution >= 4 is 94.0 Å². The van der Waals surface area contributed by atoms with Crippen molar-refractivity contribution in [3.05, 3.63) is 105 Å². The van der Waals surface area contributed by atoms with Crippen LogP contribution in [-0.2, 0) is 9.23 Å². The number of benzene rings is 3. The molecule has 0 amide bonds. The van der Waals surface area contributed by atoms with Gasteiger partial charge in [-0.15, -0.1) is 0 Å². The van der Waals surface area contributed by atoms with Crippen molar-refractivity contribution in [1.29, 1.82) is 0 Å². The number of carboxylic acid groups (broad SMARTS) is 1. The molecule has 6 aliphatic heterocycles. The number of rotatable bonds is 5. The number of ketones is 1. The van der Waals surface area contributed by atoms with E-state index in [1.54, 1.807) is 36.4 Å². The van der Waals surface area contributed by atoms with E-state index in [0.717, 1.165) is 23.8 Å². The van der Waals surface area contributed by atoms with E-state index in [9.17, 15) is 14.4 Å². The number of hydrogen-bond acceptors (Lipinski definition) is 7. The molecule has 2 aliphatic carbocycles. The van der Waals surface area contributed by atoms with Crippen molar-refractivity contribution < 1.29 is 23.7 Å². The number of piperidine rings is 6. The summed E-state index contributed by atoms with van der Waals surface area (Å²) in [5.74, 6) is 1.60. The highest BCUT2D eigenvalue weighted by Gasteiger charge is 2.60. The minimum Gasteiger partial charge on any atom is -0.478 e. The summed E-state index contributed by atoms with van der Waals surface area (Å²) in [5, 5.41) is 9.81. The van der Waals surface area contributed by atoms with E-state index in [-0.39, 0.29) is 5.56 Å². The second-order valence-electron chi connectivity index (χ2n) is 14.9. The first kappa shape index (κ1) is 44.3. The Kier molecular flexibility index (Phi) is 16.0. The van der Waals surface area contributed by atoms with Gasteiger partial charge in [0, 0.05) is 71.1 Å². The molecule has 3 N–H and O–H groups in total. The molecule has 3 aromatic carbocycles. The van der Waals surface area contributed by atoms with Gasteiger partial charge in [0.15, 0.2) is 5.78 Å². The maximum atomic E-state index is 12.6. The third kappa shape index (κ3) is 11.7. The van der Waals surface area contributed by atoms with Crippen LogP contribution in [0, 0.1) is 17.8 Å². The van der Waals surface area contributed by atoms with E-state index in [4.69, 9.17) is 61.5 Å². The molecule has 15 heteroatoms. The number of halogens is 6. The number of nitrogens with zero attached hydrogens (tertiary/aromatic N) is 2. The van der Waals surface area contributed by atoms with Gasteiger partial charge in [0.05, 0.1) is 5.56 Å². The third-order valence-electron chi connectivity index (χ3n) is 12.0. The minimum atomic E-state index is -1.67. The summed E-state index contributed by atoms with van der Waals surface area (Å²) >= 11 is 22.2. The molecule has 8 nitrogen and oxygen atoms in total. The predicted molar refractivity (Wildman–Crippen MR) is 224 cm³/mol. The quantitative estimate of drug-likeness (QED) is 0.192. The number of nitrogens with two attached hydrogens (primary N) is 1. The molecule has 0 aromatic heterocycles. The van der Waals surface area contributed by atoms with Gasteiger partial charge in [-0.25, -0.2) is 9.00 Å². The van der Waals surface area contributed by atoms with Crippen LogP contribution in [0.3, 0.4) is 0 Å². The molecule has 4 bridgehead atoms. The summed E-state index contributed by atoms with van der Waals surface area (Å²) in [6, 6.07) is 20.3. The fraction of sp³-hybridized carbons (Fsp3) is 0.475. The van der Waals surface area contributed by atoms with Crippen LogP contribution in [0.4, 0.5) is 0 Å². The molecule has 11 rings (SSSR count). The number of fused-ring (bicyclic) bond motifs is 4. The maximum Gasteiger partial charge on any atom is 0.335 e. The summed E-state index contributed by atoms with van der Waals surface area (Å²) in [7, 11) is 7.36. The third-order valence-corrected chi connectivity index (χ3v) is 13.0. The Bertz CT molecular complexity index is 1730. The highest BCUT2D eigenvalue weighted by molar-refractivity contribution is 8.26. The average molecular weight is 893 g/mol. The normalized spacial score (nSPS) is 26.5. The van der Waals surface area contributed by atoms with Gasteiger partial charge in [0.2, 0.25) is 9.23 Å². The molecule has 298 valence electrons. The van der Waals surface area contributed by atoms with Crippen LogP contribution in [0.15, 0.2) is 72.8 Å². The molecule has 0 radical (unpaired) electrons. The van der Waals surface area contributed by atoms with E-state index in [1.807, 2.05) is 24.3 Å². The molecule has 2 unspecified atom stereocenters. The lowest BCUT2D eigenvalue weighted by Gasteiger charge is -2.52. The molecule has 6 heterocycles. The molecular weight excluding hydrogens is 847 g/mol. The highest BCUT2D eigenvalue weighted by atomic mass is 36.0. The average Bonchev–Trinajstić information content (AvgIpc) is 4.11. The first-order valence-electron chi connectivity index (χ1n) is 18.4. The zero-order valence-electron chi connectivity index (χ0n) is 30.2. The summed E-state index contributed by atoms with van der Waals surface area (Å²) in [5.41, 5.74) is 8.68. The lowest BCUT2D eigenvalue weighted by molar-refractivity contribution is -0.0274. The molecule has 6 saturated heterocycles. The maximum absolute atomic E-state index is 12.6. The van der Waals surface area contributed by atoms with Gasteiger partial charge in [-0.3, -0.25) is 19.4 Å². The lowest BCUT2D eigenvalue weighted by atomic mass is 9.69. The van der Waals surface area contributed by atoms with Gasteiger partial charge in [0.25, 0.3) is 5.24 Å². The van der Waals surface area contributed by atoms with Crippen molar-refractivity contribution in [2.24, 2.45) is 23.5 Å². The van der Waals surface area contributed by atoms with Gasteiger partial charge in [-0.05, 0) is 180 Å². The van der Waals surface area contributed by atoms with Gasteiger partial charge < -0.3 is 10.8 Å². The van der Waals surface area contributed by atoms with E-state index >= 15 is 0 Å². The second kappa shape index (κ2) is 19.8. The molecule has 8 aliphatic rings. The Morgan fingerprint density at radius 1 is 0.655 bits per heavy atom. The van der Waals surface area contributed by atoms with Crippen molar-refractivity contribution in [1.82, 2.24) is 9.80 Å². The Balaban J connectivity index is 0.000000143. The number of carbonyl (C=O) groups is 3. The monoisotopic (exact) mass is 889 g/mol. The fourth-order valence-electron chi connectivity index (χ4n) is 8.85. The van der Waals surface area contributed by atoms with E-state index < -0.39 is 20.4 Å². The van der Waals surface area contributed by atoms with Crippen LogP contribution in [0.2, 0.25) is 15.1 Å². The van der Waals surface area contributed by atoms with E-state index in [1.165, 1.54) is 89.7 Å². The zero-order valence-corrected chi connectivity index (χ0v) is 35.5. The van der Waals surface area contributed by atoms with Gasteiger partial charge in [-0.1, -0.05) is 34.8 Å². The van der Waals surface area contributed by atoms with Crippen LogP contribution in [0.25, 0.3) is 0 Å². The van der Waals surface area contributed by atoms with Crippen molar-refractivity contribution in [3.63, 3.8) is 0 Å².